The molecule has 6 aliphatic rings. The number of aliphatic hydroxyl groups excluding tert-OH is 2. The number of nitrogens with zero attached hydrogens (tertiary/aromatic N) is 3. The van der Waals surface area contributed by atoms with Crippen molar-refractivity contribution < 1.29 is 19.7 Å². The van der Waals surface area contributed by atoms with E-state index >= 15 is 0 Å². The number of esters is 1. The smallest absolute Gasteiger partial charge is 0.305 e. The highest BCUT2D eigenvalue weighted by Crippen LogP contribution is 2.47. The third kappa shape index (κ3) is 5.57. The Morgan fingerprint density at radius 3 is 2.40 bits per heavy atom. The van der Waals surface area contributed by atoms with Gasteiger partial charge in [-0.05, 0) is 68.1 Å². The zero-order valence-electron chi connectivity index (χ0n) is 28.9. The van der Waals surface area contributed by atoms with Gasteiger partial charge in [-0.1, -0.05) is 39.4 Å². The number of rotatable bonds is 5. The highest BCUT2D eigenvalue weighted by atomic mass is 28.3. The highest BCUT2D eigenvalue weighted by molar-refractivity contribution is 6.84. The Morgan fingerprint density at radius 1 is 1.02 bits per heavy atom. The van der Waals surface area contributed by atoms with Crippen molar-refractivity contribution in [1.82, 2.24) is 5.32 Å². The van der Waals surface area contributed by atoms with Crippen molar-refractivity contribution >= 4 is 31.2 Å². The molecule has 47 heavy (non-hydrogen) atoms. The average Bonchev–Trinajstić information content (AvgIpc) is 3.77. The molecule has 0 unspecified atom stereocenters. The molecule has 0 spiro atoms. The number of methoxy groups -OCH3 is 1. The molecule has 3 N–H and O–H groups in total. The minimum absolute atomic E-state index is 0.0496. The van der Waals surface area contributed by atoms with Gasteiger partial charge in [-0.3, -0.25) is 4.79 Å². The maximum Gasteiger partial charge on any atom is 0.305 e. The summed E-state index contributed by atoms with van der Waals surface area (Å²) in [5.41, 5.74) is 17.4. The van der Waals surface area contributed by atoms with Crippen LogP contribution < -0.4 is 5.32 Å². The molecule has 1 aliphatic carbocycles. The molecular formula is C38H44N4O4Si. The van der Waals surface area contributed by atoms with E-state index in [9.17, 15) is 15.0 Å². The van der Waals surface area contributed by atoms with Crippen molar-refractivity contribution in [2.75, 3.05) is 13.7 Å². The maximum absolute atomic E-state index is 12.4. The molecule has 8 nitrogen and oxygen atoms in total. The number of carbonyl (C=O) groups excluding carboxylic acids is 1. The average molecular weight is 649 g/mol. The number of allylic oxidation sites excluding steroid dienone is 11. The first-order chi connectivity index (χ1) is 22.3. The van der Waals surface area contributed by atoms with Gasteiger partial charge in [-0.25, -0.2) is 15.0 Å². The van der Waals surface area contributed by atoms with Gasteiger partial charge in [0, 0.05) is 52.8 Å². The first-order valence-corrected chi connectivity index (χ1v) is 20.0. The van der Waals surface area contributed by atoms with Crippen LogP contribution >= 0.6 is 0 Å². The van der Waals surface area contributed by atoms with Crippen LogP contribution in [0.1, 0.15) is 60.3 Å². The Balaban J connectivity index is 1.68. The van der Waals surface area contributed by atoms with E-state index in [1.807, 2.05) is 26.0 Å². The lowest BCUT2D eigenvalue weighted by molar-refractivity contribution is -0.140. The second kappa shape index (κ2) is 12.1. The summed E-state index contributed by atoms with van der Waals surface area (Å²) in [7, 11) is -0.403. The fourth-order valence-electron chi connectivity index (χ4n) is 7.27. The SMILES string of the molecule is CCC1=C(C)C2=NC1=CC1=C(C)C3=C(O)CC(=C4NC(=C(C#C[Si](C)(C)C)C5=NC(=C2)C(CO)=C5C)[C@@H](C)[C@@H]4CCC(=O)OC)C3=N1. The number of hydrogen-bond acceptors (Lipinski definition) is 8. The van der Waals surface area contributed by atoms with Crippen LogP contribution in [-0.2, 0) is 9.53 Å². The van der Waals surface area contributed by atoms with Crippen LogP contribution in [0.4, 0.5) is 0 Å². The monoisotopic (exact) mass is 648 g/mol. The molecule has 6 rings (SSSR count). The summed E-state index contributed by atoms with van der Waals surface area (Å²) in [6.45, 7) is 16.8. The number of aliphatic hydroxyl groups is 2. The van der Waals surface area contributed by atoms with Crippen molar-refractivity contribution in [3.8, 4) is 11.5 Å². The normalized spacial score (nSPS) is 23.7. The van der Waals surface area contributed by atoms with E-state index < -0.39 is 8.07 Å². The molecular weight excluding hydrogens is 605 g/mol. The molecule has 0 saturated carbocycles. The molecule has 1 saturated heterocycles. The lowest BCUT2D eigenvalue weighted by Crippen LogP contribution is -2.19. The Morgan fingerprint density at radius 2 is 1.74 bits per heavy atom. The van der Waals surface area contributed by atoms with Gasteiger partial charge in [0.05, 0.1) is 53.5 Å². The van der Waals surface area contributed by atoms with Gasteiger partial charge in [0.2, 0.25) is 0 Å². The van der Waals surface area contributed by atoms with E-state index in [4.69, 9.17) is 19.7 Å². The second-order valence-corrected chi connectivity index (χ2v) is 18.8. The molecule has 0 amide bonds. The quantitative estimate of drug-likeness (QED) is 0.171. The molecule has 2 atom stereocenters. The molecule has 9 heteroatoms. The summed E-state index contributed by atoms with van der Waals surface area (Å²) >= 11 is 0. The van der Waals surface area contributed by atoms with Crippen LogP contribution in [0, 0.1) is 23.3 Å². The lowest BCUT2D eigenvalue weighted by Gasteiger charge is -2.17. The molecule has 0 aromatic rings. The Kier molecular flexibility index (Phi) is 8.39. The number of ether oxygens (including phenoxy) is 1. The zero-order chi connectivity index (χ0) is 33.9. The molecule has 0 radical (unpaired) electrons. The number of fused-ring (bicyclic) bond motifs is 5. The Labute approximate surface area is 278 Å². The maximum atomic E-state index is 12.4. The number of carbonyl (C=O) groups is 1. The number of aliphatic imine (C=N–C) groups is 3. The van der Waals surface area contributed by atoms with E-state index in [0.29, 0.717) is 24.3 Å². The molecule has 8 bridgehead atoms. The van der Waals surface area contributed by atoms with Gasteiger partial charge >= 0.3 is 5.97 Å². The predicted octanol–water partition coefficient (Wildman–Crippen LogP) is 6.85. The van der Waals surface area contributed by atoms with Crippen molar-refractivity contribution in [3.05, 3.63) is 91.0 Å². The molecule has 0 aromatic carbocycles. The lowest BCUT2D eigenvalue weighted by atomic mass is 9.85. The van der Waals surface area contributed by atoms with Crippen molar-refractivity contribution in [2.24, 2.45) is 26.8 Å². The van der Waals surface area contributed by atoms with E-state index in [1.165, 1.54) is 7.11 Å². The molecule has 1 fully saturated rings. The fraction of sp³-hybridized carbons (Fsp3) is 0.421. The van der Waals surface area contributed by atoms with Gasteiger partial charge in [-0.2, -0.15) is 0 Å². The third-order valence-electron chi connectivity index (χ3n) is 9.92. The third-order valence-corrected chi connectivity index (χ3v) is 10.8. The van der Waals surface area contributed by atoms with Gasteiger partial charge in [0.25, 0.3) is 0 Å². The van der Waals surface area contributed by atoms with E-state index in [2.05, 4.69) is 57.2 Å². The topological polar surface area (TPSA) is 116 Å². The van der Waals surface area contributed by atoms with Crippen LogP contribution in [0.5, 0.6) is 0 Å². The van der Waals surface area contributed by atoms with Crippen molar-refractivity contribution in [1.29, 1.82) is 0 Å². The van der Waals surface area contributed by atoms with Gasteiger partial charge < -0.3 is 20.3 Å². The largest absolute Gasteiger partial charge is 0.511 e. The summed E-state index contributed by atoms with van der Waals surface area (Å²) in [6, 6.07) is 0. The first-order valence-electron chi connectivity index (χ1n) is 16.5. The van der Waals surface area contributed by atoms with Crippen LogP contribution in [-0.4, -0.2) is 55.1 Å². The van der Waals surface area contributed by atoms with Crippen molar-refractivity contribution in [2.45, 2.75) is 79.9 Å². The summed E-state index contributed by atoms with van der Waals surface area (Å²) < 4.78 is 5.04. The van der Waals surface area contributed by atoms with Gasteiger partial charge in [0.1, 0.15) is 13.8 Å². The van der Waals surface area contributed by atoms with Crippen LogP contribution in [0.3, 0.4) is 0 Å². The Bertz CT molecular complexity index is 1940. The predicted molar refractivity (Wildman–Crippen MR) is 190 cm³/mol. The first kappa shape index (κ1) is 32.7. The van der Waals surface area contributed by atoms with E-state index in [0.717, 1.165) is 90.9 Å². The summed E-state index contributed by atoms with van der Waals surface area (Å²) in [5, 5.41) is 25.8. The molecule has 5 aliphatic heterocycles. The minimum atomic E-state index is -1.82. The minimum Gasteiger partial charge on any atom is -0.511 e. The zero-order valence-corrected chi connectivity index (χ0v) is 29.9. The van der Waals surface area contributed by atoms with Crippen molar-refractivity contribution in [3.63, 3.8) is 0 Å². The Hall–Kier alpha value is -4.26. The number of hydrogen-bond donors (Lipinski definition) is 3. The molecule has 5 heterocycles. The van der Waals surface area contributed by atoms with E-state index in [1.54, 1.807) is 0 Å². The fourth-order valence-corrected chi connectivity index (χ4v) is 7.77. The molecule has 244 valence electrons. The van der Waals surface area contributed by atoms with Crippen LogP contribution in [0.2, 0.25) is 19.6 Å². The van der Waals surface area contributed by atoms with Gasteiger partial charge in [0.15, 0.2) is 0 Å². The second-order valence-electron chi connectivity index (χ2n) is 14.0. The van der Waals surface area contributed by atoms with Crippen LogP contribution in [0.15, 0.2) is 106 Å². The summed E-state index contributed by atoms with van der Waals surface area (Å²) in [4.78, 5) is 27.8. The summed E-state index contributed by atoms with van der Waals surface area (Å²) in [6.07, 6.45) is 5.96. The summed E-state index contributed by atoms with van der Waals surface area (Å²) in [5.74, 6) is 3.48. The number of nitrogens with one attached hydrogen (secondary N) is 1. The standard InChI is InChI=1S/C38H44N4O4Si/c1-10-23-19(2)28-16-31-27(18-43)21(4)35(41-31)25(13-14-47(7,8)9)36-20(3)24(11-12-33(45)46-6)37(42-36)26-15-32(44)34-22(5)29(40-38(26)34)17-30(23)39-28/h16-17,20,24,42-44H,10-12,15,18H2,1-9H3/t20-,24-/m0/s1. The highest BCUT2D eigenvalue weighted by Gasteiger charge is 2.42. The van der Waals surface area contributed by atoms with Gasteiger partial charge in [-0.15, -0.1) is 5.54 Å². The molecule has 0 aromatic heterocycles. The van der Waals surface area contributed by atoms with E-state index in [-0.39, 0.29) is 30.8 Å². The van der Waals surface area contributed by atoms with Crippen LogP contribution in [0.25, 0.3) is 0 Å².